The lowest BCUT2D eigenvalue weighted by molar-refractivity contribution is -0.137. The summed E-state index contributed by atoms with van der Waals surface area (Å²) in [6.07, 6.45) is -2.12. The fourth-order valence-corrected chi connectivity index (χ4v) is 3.58. The average Bonchev–Trinajstić information content (AvgIpc) is 2.71. The Labute approximate surface area is 172 Å². The van der Waals surface area contributed by atoms with E-state index in [4.69, 9.17) is 9.47 Å². The van der Waals surface area contributed by atoms with Crippen molar-refractivity contribution in [3.63, 3.8) is 0 Å². The smallest absolute Gasteiger partial charge is 0.416 e. The number of ketones is 1. The number of ether oxygens (including phenoxy) is 2. The predicted octanol–water partition coefficient (Wildman–Crippen LogP) is 6.16. The highest BCUT2D eigenvalue weighted by atomic mass is 19.4. The van der Waals surface area contributed by atoms with Crippen molar-refractivity contribution < 1.29 is 27.4 Å². The summed E-state index contributed by atoms with van der Waals surface area (Å²) in [7, 11) is 0. The number of hydrogen-bond donors (Lipinski definition) is 0. The van der Waals surface area contributed by atoms with Crippen LogP contribution in [0.4, 0.5) is 13.2 Å². The first-order valence-electron chi connectivity index (χ1n) is 9.75. The third-order valence-corrected chi connectivity index (χ3v) is 5.18. The molecule has 2 aromatic rings. The molecule has 1 aliphatic carbocycles. The van der Waals surface area contributed by atoms with Gasteiger partial charge in [-0.05, 0) is 68.3 Å². The van der Waals surface area contributed by atoms with Crippen molar-refractivity contribution in [2.45, 2.75) is 50.9 Å². The highest BCUT2D eigenvalue weighted by Crippen LogP contribution is 2.32. The molecule has 0 aliphatic heterocycles. The summed E-state index contributed by atoms with van der Waals surface area (Å²) in [4.78, 5) is 23.5. The van der Waals surface area contributed by atoms with Gasteiger partial charge < -0.3 is 9.47 Å². The summed E-state index contributed by atoms with van der Waals surface area (Å²) in [5, 5.41) is 3.16. The van der Waals surface area contributed by atoms with E-state index in [2.05, 4.69) is 5.18 Å². The quantitative estimate of drug-likeness (QED) is 0.502. The average molecular weight is 421 g/mol. The molecule has 3 rings (SSSR count). The van der Waals surface area contributed by atoms with Gasteiger partial charge in [-0.15, -0.1) is 0 Å². The number of alkyl halides is 3. The number of nitroso groups, excluding NO2 is 1. The van der Waals surface area contributed by atoms with Crippen LogP contribution in [0.3, 0.4) is 0 Å². The summed E-state index contributed by atoms with van der Waals surface area (Å²) >= 11 is 0. The molecule has 160 valence electrons. The van der Waals surface area contributed by atoms with E-state index in [9.17, 15) is 22.9 Å². The van der Waals surface area contributed by atoms with Crippen molar-refractivity contribution >= 4 is 5.78 Å². The van der Waals surface area contributed by atoms with Crippen molar-refractivity contribution in [3.05, 3.63) is 59.0 Å². The zero-order valence-corrected chi connectivity index (χ0v) is 16.4. The molecule has 1 saturated carbocycles. The molecular weight excluding hydrogens is 399 g/mol. The zero-order valence-electron chi connectivity index (χ0n) is 16.4. The van der Waals surface area contributed by atoms with Gasteiger partial charge in [-0.3, -0.25) is 4.79 Å². The Kier molecular flexibility index (Phi) is 6.74. The van der Waals surface area contributed by atoms with Crippen LogP contribution in [0.5, 0.6) is 17.2 Å². The van der Waals surface area contributed by atoms with Gasteiger partial charge in [0.25, 0.3) is 0 Å². The number of halogens is 3. The van der Waals surface area contributed by atoms with E-state index in [1.807, 2.05) is 0 Å². The van der Waals surface area contributed by atoms with E-state index in [0.717, 1.165) is 25.0 Å². The van der Waals surface area contributed by atoms with Crippen molar-refractivity contribution in [3.8, 4) is 17.2 Å². The first-order valence-corrected chi connectivity index (χ1v) is 9.75. The highest BCUT2D eigenvalue weighted by molar-refractivity contribution is 5.82. The summed E-state index contributed by atoms with van der Waals surface area (Å²) in [5.41, 5.74) is -0.748. The standard InChI is InChI=1S/C22H22F3NO4/c1-14(21(26-28)19-4-2-3-5-20(19)27)29-16-10-12-18(13-11-16)30-17-8-6-15(7-9-17)22(23,24)25/h6-14,19,21H,2-5H2,1H3. The molecule has 0 N–H and O–H groups in total. The van der Waals surface area contributed by atoms with Crippen molar-refractivity contribution in [1.82, 2.24) is 0 Å². The summed E-state index contributed by atoms with van der Waals surface area (Å²) in [6, 6.07) is 10.1. The van der Waals surface area contributed by atoms with Gasteiger partial charge in [0.15, 0.2) is 0 Å². The van der Waals surface area contributed by atoms with E-state index >= 15 is 0 Å². The summed E-state index contributed by atoms with van der Waals surface area (Å²) < 4.78 is 49.2. The van der Waals surface area contributed by atoms with Crippen LogP contribution in [0, 0.1) is 10.8 Å². The highest BCUT2D eigenvalue weighted by Gasteiger charge is 2.36. The molecule has 3 atom stereocenters. The van der Waals surface area contributed by atoms with E-state index in [0.29, 0.717) is 24.3 Å². The van der Waals surface area contributed by atoms with Crippen molar-refractivity contribution in [2.75, 3.05) is 0 Å². The maximum Gasteiger partial charge on any atom is 0.416 e. The van der Waals surface area contributed by atoms with Crippen LogP contribution in [0.2, 0.25) is 0 Å². The van der Waals surface area contributed by atoms with E-state index in [-0.39, 0.29) is 11.5 Å². The molecule has 0 aromatic heterocycles. The molecule has 0 heterocycles. The topological polar surface area (TPSA) is 65.0 Å². The lowest BCUT2D eigenvalue weighted by Gasteiger charge is -2.28. The molecule has 1 fully saturated rings. The molecule has 0 bridgehead atoms. The Hall–Kier alpha value is -2.90. The SMILES string of the molecule is CC(Oc1ccc(Oc2ccc(C(F)(F)F)cc2)cc1)C(N=O)C1CCCCC1=O. The lowest BCUT2D eigenvalue weighted by Crippen LogP contribution is -2.39. The Balaban J connectivity index is 1.61. The van der Waals surface area contributed by atoms with Crippen molar-refractivity contribution in [1.29, 1.82) is 0 Å². The number of hydrogen-bond acceptors (Lipinski definition) is 5. The van der Waals surface area contributed by atoms with Gasteiger partial charge in [0.1, 0.15) is 35.2 Å². The van der Waals surface area contributed by atoms with Crippen LogP contribution < -0.4 is 9.47 Å². The van der Waals surface area contributed by atoms with Crippen LogP contribution in [0.15, 0.2) is 53.7 Å². The third kappa shape index (κ3) is 5.37. The van der Waals surface area contributed by atoms with Crippen LogP contribution in [-0.4, -0.2) is 17.9 Å². The summed E-state index contributed by atoms with van der Waals surface area (Å²) in [6.45, 7) is 1.71. The second kappa shape index (κ2) is 9.28. The van der Waals surface area contributed by atoms with Gasteiger partial charge in [0, 0.05) is 12.3 Å². The summed E-state index contributed by atoms with van der Waals surface area (Å²) in [5.74, 6) is 0.808. The second-order valence-electron chi connectivity index (χ2n) is 7.33. The van der Waals surface area contributed by atoms with Gasteiger partial charge in [-0.25, -0.2) is 0 Å². The minimum absolute atomic E-state index is 0.0570. The van der Waals surface area contributed by atoms with Gasteiger partial charge in [0.05, 0.1) is 5.56 Å². The van der Waals surface area contributed by atoms with E-state index in [1.54, 1.807) is 31.2 Å². The fraction of sp³-hybridized carbons (Fsp3) is 0.409. The van der Waals surface area contributed by atoms with Crippen LogP contribution in [0.1, 0.15) is 38.2 Å². The van der Waals surface area contributed by atoms with Gasteiger partial charge in [-0.2, -0.15) is 18.1 Å². The van der Waals surface area contributed by atoms with Crippen LogP contribution in [0.25, 0.3) is 0 Å². The fourth-order valence-electron chi connectivity index (χ4n) is 3.58. The van der Waals surface area contributed by atoms with Gasteiger partial charge in [-0.1, -0.05) is 11.6 Å². The largest absolute Gasteiger partial charge is 0.488 e. The number of nitrogens with zero attached hydrogens (tertiary/aromatic N) is 1. The minimum atomic E-state index is -4.40. The number of carbonyl (C=O) groups is 1. The molecule has 0 amide bonds. The molecule has 0 saturated heterocycles. The zero-order chi connectivity index (χ0) is 21.7. The number of Topliss-reactive ketones (excluding diaryl/α,β-unsaturated/α-hetero) is 1. The van der Waals surface area contributed by atoms with Crippen LogP contribution in [-0.2, 0) is 11.0 Å². The first kappa shape index (κ1) is 21.8. The number of carbonyl (C=O) groups excluding carboxylic acids is 1. The van der Waals surface area contributed by atoms with E-state index in [1.165, 1.54) is 12.1 Å². The predicted molar refractivity (Wildman–Crippen MR) is 105 cm³/mol. The normalized spacial score (nSPS) is 19.1. The molecule has 0 spiro atoms. The Bertz CT molecular complexity index is 865. The maximum absolute atomic E-state index is 12.6. The molecule has 30 heavy (non-hydrogen) atoms. The third-order valence-electron chi connectivity index (χ3n) is 5.18. The Morgan fingerprint density at radius 1 is 0.967 bits per heavy atom. The Morgan fingerprint density at radius 3 is 2.07 bits per heavy atom. The molecule has 0 radical (unpaired) electrons. The maximum atomic E-state index is 12.6. The molecule has 3 unspecified atom stereocenters. The van der Waals surface area contributed by atoms with E-state index < -0.39 is 29.8 Å². The minimum Gasteiger partial charge on any atom is -0.488 e. The lowest BCUT2D eigenvalue weighted by atomic mass is 9.81. The van der Waals surface area contributed by atoms with Crippen molar-refractivity contribution in [2.24, 2.45) is 11.1 Å². The van der Waals surface area contributed by atoms with Gasteiger partial charge in [0.2, 0.25) is 0 Å². The number of benzene rings is 2. The monoisotopic (exact) mass is 421 g/mol. The number of rotatable bonds is 7. The molecule has 2 aromatic carbocycles. The molecule has 5 nitrogen and oxygen atoms in total. The first-order chi connectivity index (χ1) is 14.3. The van der Waals surface area contributed by atoms with Gasteiger partial charge >= 0.3 is 6.18 Å². The Morgan fingerprint density at radius 2 is 1.53 bits per heavy atom. The molecular formula is C22H22F3NO4. The molecule has 8 heteroatoms. The van der Waals surface area contributed by atoms with Crippen LogP contribution >= 0.6 is 0 Å². The second-order valence-corrected chi connectivity index (χ2v) is 7.33. The molecule has 1 aliphatic rings.